The van der Waals surface area contributed by atoms with Crippen LogP contribution in [0.5, 0.6) is 0 Å². The van der Waals surface area contributed by atoms with E-state index in [-0.39, 0.29) is 25.1 Å². The smallest absolute Gasteiger partial charge is 0.416 e. The van der Waals surface area contributed by atoms with Gasteiger partial charge < -0.3 is 14.9 Å². The number of aliphatic carboxylic acids is 2. The van der Waals surface area contributed by atoms with Gasteiger partial charge in [0.25, 0.3) is 0 Å². The van der Waals surface area contributed by atoms with Crippen molar-refractivity contribution >= 4 is 23.7 Å². The van der Waals surface area contributed by atoms with Gasteiger partial charge in [-0.25, -0.2) is 4.79 Å². The summed E-state index contributed by atoms with van der Waals surface area (Å²) >= 11 is 0. The number of carboxylic acids is 2. The van der Waals surface area contributed by atoms with Crippen molar-refractivity contribution in [3.63, 3.8) is 0 Å². The third-order valence-corrected chi connectivity index (χ3v) is 4.11. The molecule has 10 heteroatoms. The highest BCUT2D eigenvalue weighted by molar-refractivity contribution is 5.93. The Morgan fingerprint density at radius 3 is 2.13 bits per heavy atom. The van der Waals surface area contributed by atoms with Crippen LogP contribution in [0.15, 0.2) is 48.5 Å². The van der Waals surface area contributed by atoms with Crippen molar-refractivity contribution in [2.24, 2.45) is 5.92 Å². The SMILES string of the molecule is O=C(Nc1ccc(C(F)(F)F)cc1)OCCc1cccc(CC(C(=O)O)C(=O)O)c1. The summed E-state index contributed by atoms with van der Waals surface area (Å²) in [5.41, 5.74) is 0.513. The van der Waals surface area contributed by atoms with E-state index in [1.54, 1.807) is 24.3 Å². The fourth-order valence-corrected chi connectivity index (χ4v) is 2.59. The number of nitrogens with one attached hydrogen (secondary N) is 1. The lowest BCUT2D eigenvalue weighted by atomic mass is 9.97. The number of benzene rings is 2. The Balaban J connectivity index is 1.85. The minimum absolute atomic E-state index is 0.0444. The van der Waals surface area contributed by atoms with Gasteiger partial charge in [-0.05, 0) is 41.8 Å². The Kier molecular flexibility index (Phi) is 7.40. The first-order valence-corrected chi connectivity index (χ1v) is 8.70. The average molecular weight is 425 g/mol. The monoisotopic (exact) mass is 425 g/mol. The standard InChI is InChI=1S/C20H18F3NO6/c21-20(22,23)14-4-6-15(7-5-14)24-19(29)30-9-8-12-2-1-3-13(10-12)11-16(17(25)26)18(27)28/h1-7,10,16H,8-9,11H2,(H,24,29)(H,25,26)(H,27,28). The number of rotatable bonds is 8. The summed E-state index contributed by atoms with van der Waals surface area (Å²) in [5, 5.41) is 20.2. The number of hydrogen-bond donors (Lipinski definition) is 3. The van der Waals surface area contributed by atoms with Crippen LogP contribution >= 0.6 is 0 Å². The molecular formula is C20H18F3NO6. The lowest BCUT2D eigenvalue weighted by Crippen LogP contribution is -2.25. The summed E-state index contributed by atoms with van der Waals surface area (Å²) in [6.45, 7) is -0.0444. The van der Waals surface area contributed by atoms with Gasteiger partial charge in [-0.2, -0.15) is 13.2 Å². The van der Waals surface area contributed by atoms with E-state index in [9.17, 15) is 27.6 Å². The van der Waals surface area contributed by atoms with Gasteiger partial charge in [0.05, 0.1) is 12.2 Å². The van der Waals surface area contributed by atoms with Crippen LogP contribution < -0.4 is 5.32 Å². The van der Waals surface area contributed by atoms with E-state index >= 15 is 0 Å². The number of hydrogen-bond acceptors (Lipinski definition) is 4. The molecule has 1 amide bonds. The zero-order chi connectivity index (χ0) is 22.3. The molecule has 0 spiro atoms. The quantitative estimate of drug-likeness (QED) is 0.554. The Labute approximate surface area is 169 Å². The molecule has 2 aromatic carbocycles. The number of ether oxygens (including phenoxy) is 1. The highest BCUT2D eigenvalue weighted by Crippen LogP contribution is 2.29. The van der Waals surface area contributed by atoms with E-state index in [2.05, 4.69) is 5.32 Å². The van der Waals surface area contributed by atoms with Crippen molar-refractivity contribution in [1.29, 1.82) is 0 Å². The van der Waals surface area contributed by atoms with Crippen molar-refractivity contribution in [1.82, 2.24) is 0 Å². The van der Waals surface area contributed by atoms with Crippen LogP contribution in [0.3, 0.4) is 0 Å². The third kappa shape index (κ3) is 6.80. The zero-order valence-electron chi connectivity index (χ0n) is 15.5. The minimum Gasteiger partial charge on any atom is -0.481 e. The molecule has 0 radical (unpaired) electrons. The second-order valence-electron chi connectivity index (χ2n) is 6.34. The van der Waals surface area contributed by atoms with Gasteiger partial charge in [0.15, 0.2) is 5.92 Å². The first kappa shape index (κ1) is 22.7. The Morgan fingerprint density at radius 1 is 0.967 bits per heavy atom. The molecule has 2 aromatic rings. The van der Waals surface area contributed by atoms with E-state index in [1.165, 1.54) is 0 Å². The normalized spacial score (nSPS) is 11.2. The van der Waals surface area contributed by atoms with Crippen molar-refractivity contribution in [3.8, 4) is 0 Å². The maximum absolute atomic E-state index is 12.5. The number of halogens is 3. The van der Waals surface area contributed by atoms with Gasteiger partial charge in [0, 0.05) is 12.1 Å². The summed E-state index contributed by atoms with van der Waals surface area (Å²) in [6.07, 6.45) is -5.22. The summed E-state index contributed by atoms with van der Waals surface area (Å²) in [5.74, 6) is -4.43. The van der Waals surface area contributed by atoms with Crippen molar-refractivity contribution in [2.75, 3.05) is 11.9 Å². The lowest BCUT2D eigenvalue weighted by Gasteiger charge is -2.10. The van der Waals surface area contributed by atoms with Crippen LogP contribution in [-0.4, -0.2) is 34.9 Å². The molecule has 0 heterocycles. The van der Waals surface area contributed by atoms with E-state index in [4.69, 9.17) is 14.9 Å². The second-order valence-corrected chi connectivity index (χ2v) is 6.34. The molecule has 3 N–H and O–H groups in total. The minimum atomic E-state index is -4.47. The Bertz CT molecular complexity index is 898. The first-order valence-electron chi connectivity index (χ1n) is 8.70. The van der Waals surface area contributed by atoms with Crippen LogP contribution in [-0.2, 0) is 33.3 Å². The van der Waals surface area contributed by atoms with E-state index in [0.29, 0.717) is 11.1 Å². The number of amides is 1. The third-order valence-electron chi connectivity index (χ3n) is 4.11. The number of alkyl halides is 3. The molecule has 2 rings (SSSR count). The first-order chi connectivity index (χ1) is 14.1. The van der Waals surface area contributed by atoms with E-state index < -0.39 is 35.7 Å². The fraction of sp³-hybridized carbons (Fsp3) is 0.250. The Hall–Kier alpha value is -3.56. The van der Waals surface area contributed by atoms with Crippen LogP contribution in [0.2, 0.25) is 0 Å². The molecule has 0 bridgehead atoms. The van der Waals surface area contributed by atoms with Crippen molar-refractivity contribution in [2.45, 2.75) is 19.0 Å². The summed E-state index contributed by atoms with van der Waals surface area (Å²) in [7, 11) is 0. The van der Waals surface area contributed by atoms with Gasteiger partial charge in [-0.3, -0.25) is 14.9 Å². The summed E-state index contributed by atoms with van der Waals surface area (Å²) < 4.78 is 42.5. The van der Waals surface area contributed by atoms with Gasteiger partial charge in [-0.15, -0.1) is 0 Å². The maximum Gasteiger partial charge on any atom is 0.416 e. The molecule has 0 aliphatic heterocycles. The molecule has 0 aliphatic rings. The van der Waals surface area contributed by atoms with Crippen LogP contribution in [0.25, 0.3) is 0 Å². The zero-order valence-corrected chi connectivity index (χ0v) is 15.5. The molecule has 0 atom stereocenters. The number of carboxylic acid groups (broad SMARTS) is 2. The van der Waals surface area contributed by atoms with Gasteiger partial charge in [0.1, 0.15) is 0 Å². The molecule has 0 aromatic heterocycles. The molecular weight excluding hydrogens is 407 g/mol. The van der Waals surface area contributed by atoms with Gasteiger partial charge >= 0.3 is 24.2 Å². The molecule has 30 heavy (non-hydrogen) atoms. The largest absolute Gasteiger partial charge is 0.481 e. The number of anilines is 1. The summed E-state index contributed by atoms with van der Waals surface area (Å²) in [4.78, 5) is 33.7. The maximum atomic E-state index is 12.5. The van der Waals surface area contributed by atoms with Crippen LogP contribution in [0.1, 0.15) is 16.7 Å². The highest BCUT2D eigenvalue weighted by atomic mass is 19.4. The lowest BCUT2D eigenvalue weighted by molar-refractivity contribution is -0.154. The van der Waals surface area contributed by atoms with Crippen LogP contribution in [0.4, 0.5) is 23.7 Å². The summed E-state index contributed by atoms with van der Waals surface area (Å²) in [6, 6.07) is 10.4. The fourth-order valence-electron chi connectivity index (χ4n) is 2.59. The second kappa shape index (κ2) is 9.77. The average Bonchev–Trinajstić information content (AvgIpc) is 2.65. The van der Waals surface area contributed by atoms with E-state index in [0.717, 1.165) is 24.3 Å². The number of carbonyl (C=O) groups is 3. The van der Waals surface area contributed by atoms with Crippen LogP contribution in [0, 0.1) is 5.92 Å². The molecule has 7 nitrogen and oxygen atoms in total. The van der Waals surface area contributed by atoms with E-state index in [1.807, 2.05) is 0 Å². The molecule has 160 valence electrons. The molecule has 0 aliphatic carbocycles. The van der Waals surface area contributed by atoms with Gasteiger partial charge in [-0.1, -0.05) is 24.3 Å². The number of carbonyl (C=O) groups excluding carboxylic acids is 1. The topological polar surface area (TPSA) is 113 Å². The molecule has 0 saturated heterocycles. The molecule has 0 unspecified atom stereocenters. The van der Waals surface area contributed by atoms with Crippen molar-refractivity contribution in [3.05, 3.63) is 65.2 Å². The molecule has 0 saturated carbocycles. The van der Waals surface area contributed by atoms with Crippen molar-refractivity contribution < 1.29 is 42.5 Å². The Morgan fingerprint density at radius 2 is 1.57 bits per heavy atom. The van der Waals surface area contributed by atoms with Gasteiger partial charge in [0.2, 0.25) is 0 Å². The predicted molar refractivity (Wildman–Crippen MR) is 99.0 cm³/mol. The highest BCUT2D eigenvalue weighted by Gasteiger charge is 2.30. The molecule has 0 fully saturated rings. The predicted octanol–water partition coefficient (Wildman–Crippen LogP) is 3.82.